The van der Waals surface area contributed by atoms with Crippen LogP contribution in [0.1, 0.15) is 21.5 Å². The van der Waals surface area contributed by atoms with Crippen molar-refractivity contribution in [2.45, 2.75) is 13.0 Å². The number of fused-ring (bicyclic) bond motifs is 1. The van der Waals surface area contributed by atoms with Crippen LogP contribution in [-0.4, -0.2) is 23.4 Å². The Morgan fingerprint density at radius 1 is 1.10 bits per heavy atom. The molecule has 2 aromatic rings. The summed E-state index contributed by atoms with van der Waals surface area (Å²) in [5, 5.41) is 8.83. The van der Waals surface area contributed by atoms with Gasteiger partial charge in [0.1, 0.15) is 6.61 Å². The zero-order chi connectivity index (χ0) is 14.8. The number of anilines is 1. The number of aliphatic hydroxyl groups excluding tert-OH is 1. The number of nitrogens with zero attached hydrogens (tertiary/aromatic N) is 1. The van der Waals surface area contributed by atoms with Gasteiger partial charge in [-0.1, -0.05) is 42.5 Å². The Labute approximate surface area is 122 Å². The van der Waals surface area contributed by atoms with Crippen molar-refractivity contribution in [1.82, 2.24) is 0 Å². The van der Waals surface area contributed by atoms with Gasteiger partial charge in [0.15, 0.2) is 5.78 Å². The van der Waals surface area contributed by atoms with Gasteiger partial charge in [0.25, 0.3) is 0 Å². The molecule has 0 atom stereocenters. The Balaban J connectivity index is 1.81. The summed E-state index contributed by atoms with van der Waals surface area (Å²) >= 11 is 0. The second-order valence-electron chi connectivity index (χ2n) is 5.06. The Morgan fingerprint density at radius 3 is 2.52 bits per heavy atom. The molecule has 2 aromatic carbocycles. The lowest BCUT2D eigenvalue weighted by Gasteiger charge is -2.17. The number of hydrogen-bond donors (Lipinski definition) is 1. The van der Waals surface area contributed by atoms with Gasteiger partial charge in [0, 0.05) is 11.3 Å². The summed E-state index contributed by atoms with van der Waals surface area (Å²) in [4.78, 5) is 25.2. The highest BCUT2D eigenvalue weighted by Crippen LogP contribution is 2.29. The maximum absolute atomic E-state index is 12.1. The van der Waals surface area contributed by atoms with Crippen molar-refractivity contribution in [1.29, 1.82) is 0 Å². The number of carbonyl (C=O) groups is 2. The van der Waals surface area contributed by atoms with Crippen LogP contribution in [0.4, 0.5) is 5.69 Å². The van der Waals surface area contributed by atoms with Gasteiger partial charge in [-0.25, -0.2) is 0 Å². The molecule has 1 heterocycles. The van der Waals surface area contributed by atoms with Gasteiger partial charge in [-0.3, -0.25) is 9.59 Å². The monoisotopic (exact) mass is 281 g/mol. The fourth-order valence-electron chi connectivity index (χ4n) is 2.56. The zero-order valence-electron chi connectivity index (χ0n) is 11.5. The molecular weight excluding hydrogens is 266 g/mol. The molecule has 0 saturated heterocycles. The summed E-state index contributed by atoms with van der Waals surface area (Å²) in [6.07, 6.45) is 0.442. The van der Waals surface area contributed by atoms with Crippen molar-refractivity contribution in [3.63, 3.8) is 0 Å². The van der Waals surface area contributed by atoms with E-state index < -0.39 is 6.61 Å². The standard InChI is InChI=1S/C17H15NO3/c19-11-16(20)13-7-5-12(6-8-13)10-18-15-4-2-1-3-14(15)9-17(18)21/h1-8,19H,9-11H2. The first kappa shape index (κ1) is 13.5. The smallest absolute Gasteiger partial charge is 0.231 e. The predicted octanol–water partition coefficient (Wildman–Crippen LogP) is 1.95. The number of hydrogen-bond acceptors (Lipinski definition) is 3. The van der Waals surface area contributed by atoms with Crippen LogP contribution < -0.4 is 4.90 Å². The average Bonchev–Trinajstić information content (AvgIpc) is 2.83. The van der Waals surface area contributed by atoms with Gasteiger partial charge in [-0.15, -0.1) is 0 Å². The third-order valence-electron chi connectivity index (χ3n) is 3.69. The molecule has 4 nitrogen and oxygen atoms in total. The third kappa shape index (κ3) is 2.58. The molecule has 21 heavy (non-hydrogen) atoms. The molecule has 0 bridgehead atoms. The van der Waals surface area contributed by atoms with Crippen LogP contribution in [0.25, 0.3) is 0 Å². The Bertz CT molecular complexity index is 691. The number of rotatable bonds is 4. The molecule has 1 aliphatic heterocycles. The van der Waals surface area contributed by atoms with Crippen molar-refractivity contribution in [2.24, 2.45) is 0 Å². The van der Waals surface area contributed by atoms with Gasteiger partial charge >= 0.3 is 0 Å². The third-order valence-corrected chi connectivity index (χ3v) is 3.69. The molecule has 0 saturated carbocycles. The van der Waals surface area contributed by atoms with Crippen LogP contribution >= 0.6 is 0 Å². The molecule has 0 unspecified atom stereocenters. The minimum absolute atomic E-state index is 0.0895. The van der Waals surface area contributed by atoms with E-state index >= 15 is 0 Å². The van der Waals surface area contributed by atoms with E-state index in [0.717, 1.165) is 16.8 Å². The van der Waals surface area contributed by atoms with E-state index in [1.54, 1.807) is 17.0 Å². The molecule has 0 aliphatic carbocycles. The highest BCUT2D eigenvalue weighted by Gasteiger charge is 2.26. The van der Waals surface area contributed by atoms with E-state index in [-0.39, 0.29) is 11.7 Å². The molecule has 1 aliphatic rings. The Morgan fingerprint density at radius 2 is 1.81 bits per heavy atom. The molecule has 0 fully saturated rings. The maximum atomic E-state index is 12.1. The number of para-hydroxylation sites is 1. The molecular formula is C17H15NO3. The summed E-state index contributed by atoms with van der Waals surface area (Å²) < 4.78 is 0. The van der Waals surface area contributed by atoms with E-state index in [0.29, 0.717) is 18.5 Å². The number of ketones is 1. The van der Waals surface area contributed by atoms with Crippen molar-refractivity contribution >= 4 is 17.4 Å². The van der Waals surface area contributed by atoms with Gasteiger partial charge < -0.3 is 10.0 Å². The lowest BCUT2D eigenvalue weighted by Crippen LogP contribution is -2.26. The van der Waals surface area contributed by atoms with Gasteiger partial charge in [-0.05, 0) is 17.2 Å². The van der Waals surface area contributed by atoms with Gasteiger partial charge in [0.2, 0.25) is 5.91 Å². The highest BCUT2D eigenvalue weighted by atomic mass is 16.3. The fourth-order valence-corrected chi connectivity index (χ4v) is 2.56. The van der Waals surface area contributed by atoms with Crippen molar-refractivity contribution in [2.75, 3.05) is 11.5 Å². The van der Waals surface area contributed by atoms with Crippen LogP contribution in [0.5, 0.6) is 0 Å². The molecule has 3 rings (SSSR count). The van der Waals surface area contributed by atoms with E-state index in [9.17, 15) is 9.59 Å². The van der Waals surface area contributed by atoms with Gasteiger partial charge in [-0.2, -0.15) is 0 Å². The lowest BCUT2D eigenvalue weighted by molar-refractivity contribution is -0.117. The van der Waals surface area contributed by atoms with Gasteiger partial charge in [0.05, 0.1) is 13.0 Å². The maximum Gasteiger partial charge on any atom is 0.231 e. The summed E-state index contributed by atoms with van der Waals surface area (Å²) in [7, 11) is 0. The van der Waals surface area contributed by atoms with Crippen molar-refractivity contribution < 1.29 is 14.7 Å². The Hall–Kier alpha value is -2.46. The van der Waals surface area contributed by atoms with Crippen LogP contribution in [0, 0.1) is 0 Å². The predicted molar refractivity (Wildman–Crippen MR) is 79.2 cm³/mol. The average molecular weight is 281 g/mol. The molecule has 4 heteroatoms. The largest absolute Gasteiger partial charge is 0.388 e. The zero-order valence-corrected chi connectivity index (χ0v) is 11.5. The number of amides is 1. The van der Waals surface area contributed by atoms with Crippen molar-refractivity contribution in [3.8, 4) is 0 Å². The lowest BCUT2D eigenvalue weighted by atomic mass is 10.1. The first-order valence-corrected chi connectivity index (χ1v) is 6.80. The van der Waals surface area contributed by atoms with E-state index in [4.69, 9.17) is 5.11 Å². The summed E-state index contributed by atoms with van der Waals surface area (Å²) in [5.41, 5.74) is 3.44. The molecule has 0 aromatic heterocycles. The van der Waals surface area contributed by atoms with Crippen LogP contribution in [0.2, 0.25) is 0 Å². The van der Waals surface area contributed by atoms with E-state index in [1.165, 1.54) is 0 Å². The summed E-state index contributed by atoms with van der Waals surface area (Å²) in [5.74, 6) is -0.212. The van der Waals surface area contributed by atoms with Crippen LogP contribution in [0.3, 0.4) is 0 Å². The normalized spacial score (nSPS) is 13.4. The van der Waals surface area contributed by atoms with Crippen LogP contribution in [0.15, 0.2) is 48.5 Å². The van der Waals surface area contributed by atoms with E-state index in [2.05, 4.69) is 0 Å². The summed E-state index contributed by atoms with van der Waals surface area (Å²) in [6, 6.07) is 14.8. The first-order valence-electron chi connectivity index (χ1n) is 6.80. The fraction of sp³-hybridized carbons (Fsp3) is 0.176. The molecule has 1 N–H and O–H groups in total. The number of carbonyl (C=O) groups excluding carboxylic acids is 2. The highest BCUT2D eigenvalue weighted by molar-refractivity contribution is 6.01. The quantitative estimate of drug-likeness (QED) is 0.871. The number of Topliss-reactive ketones (excluding diaryl/α,β-unsaturated/α-hetero) is 1. The first-order chi connectivity index (χ1) is 10.2. The SMILES string of the molecule is O=C(CO)c1ccc(CN2C(=O)Cc3ccccc32)cc1. The molecule has 1 amide bonds. The topological polar surface area (TPSA) is 57.6 Å². The minimum atomic E-state index is -0.489. The molecule has 106 valence electrons. The second-order valence-corrected chi connectivity index (χ2v) is 5.06. The second kappa shape index (κ2) is 5.50. The number of benzene rings is 2. The summed E-state index contributed by atoms with van der Waals surface area (Å²) in [6.45, 7) is 0.000769. The van der Waals surface area contributed by atoms with Crippen LogP contribution in [-0.2, 0) is 17.8 Å². The molecule has 0 radical (unpaired) electrons. The minimum Gasteiger partial charge on any atom is -0.388 e. The molecule has 0 spiro atoms. The van der Waals surface area contributed by atoms with E-state index in [1.807, 2.05) is 36.4 Å². The van der Waals surface area contributed by atoms with Crippen molar-refractivity contribution in [3.05, 3.63) is 65.2 Å². The Kier molecular flexibility index (Phi) is 3.54. The number of aliphatic hydroxyl groups is 1.